The van der Waals surface area contributed by atoms with Gasteiger partial charge in [0, 0.05) is 17.9 Å². The molecule has 1 N–H and O–H groups in total. The van der Waals surface area contributed by atoms with E-state index in [-0.39, 0.29) is 0 Å². The fourth-order valence-electron chi connectivity index (χ4n) is 0.517. The molecule has 1 rings (SSSR count). The normalized spacial score (nSPS) is 21.4. The topological polar surface area (TPSA) is 20.2 Å². The third-order valence-electron chi connectivity index (χ3n) is 0.939. The van der Waals surface area contributed by atoms with Crippen LogP contribution in [-0.4, -0.2) is 16.6 Å². The molecule has 0 spiro atoms. The van der Waals surface area contributed by atoms with Crippen molar-refractivity contribution in [3.63, 3.8) is 0 Å². The van der Waals surface area contributed by atoms with E-state index >= 15 is 0 Å². The van der Waals surface area contributed by atoms with Crippen LogP contribution in [0.2, 0.25) is 0 Å². The molecule has 2 heteroatoms. The second-order valence-electron chi connectivity index (χ2n) is 1.52. The predicted octanol–water partition coefficient (Wildman–Crippen LogP) is 1.57. The lowest BCUT2D eigenvalue weighted by atomic mass is 10.4. The van der Waals surface area contributed by atoms with Crippen molar-refractivity contribution in [2.24, 2.45) is 0 Å². The third-order valence-corrected chi connectivity index (χ3v) is 1.83. The Labute approximate surface area is 47.4 Å². The van der Waals surface area contributed by atoms with Crippen LogP contribution in [0.1, 0.15) is 6.42 Å². The highest BCUT2D eigenvalue weighted by Crippen LogP contribution is 2.13. The van der Waals surface area contributed by atoms with Gasteiger partial charge >= 0.3 is 0 Å². The standard InChI is InChI=1S/C5H8OS/c6-5-1-3-7-4-2-5/h1,6H,2-4H2. The highest BCUT2D eigenvalue weighted by molar-refractivity contribution is 7.99. The molecule has 1 heterocycles. The Morgan fingerprint density at radius 1 is 1.71 bits per heavy atom. The summed E-state index contributed by atoms with van der Waals surface area (Å²) >= 11 is 1.86. The SMILES string of the molecule is OC1=CCSCC1. The Balaban J connectivity index is 2.40. The van der Waals surface area contributed by atoms with Crippen molar-refractivity contribution < 1.29 is 5.11 Å². The van der Waals surface area contributed by atoms with Crippen molar-refractivity contribution in [2.45, 2.75) is 6.42 Å². The highest BCUT2D eigenvalue weighted by Gasteiger charge is 1.98. The van der Waals surface area contributed by atoms with Crippen LogP contribution in [0.25, 0.3) is 0 Å². The third kappa shape index (κ3) is 1.43. The van der Waals surface area contributed by atoms with Gasteiger partial charge in [0.15, 0.2) is 0 Å². The Morgan fingerprint density at radius 3 is 2.86 bits per heavy atom. The summed E-state index contributed by atoms with van der Waals surface area (Å²) in [4.78, 5) is 0. The van der Waals surface area contributed by atoms with Crippen LogP contribution in [0.15, 0.2) is 11.8 Å². The Morgan fingerprint density at radius 2 is 2.57 bits per heavy atom. The van der Waals surface area contributed by atoms with E-state index in [1.165, 1.54) is 0 Å². The zero-order valence-corrected chi connectivity index (χ0v) is 4.87. The van der Waals surface area contributed by atoms with Gasteiger partial charge in [-0.3, -0.25) is 0 Å². The lowest BCUT2D eigenvalue weighted by molar-refractivity contribution is 0.393. The summed E-state index contributed by atoms with van der Waals surface area (Å²) in [6, 6.07) is 0. The summed E-state index contributed by atoms with van der Waals surface area (Å²) in [5.74, 6) is 2.65. The quantitative estimate of drug-likeness (QED) is 0.518. The van der Waals surface area contributed by atoms with Crippen LogP contribution in [0.3, 0.4) is 0 Å². The molecule has 0 amide bonds. The molecule has 0 bridgehead atoms. The molecule has 0 aromatic rings. The molecule has 1 aliphatic heterocycles. The minimum Gasteiger partial charge on any atom is -0.513 e. The monoisotopic (exact) mass is 116 g/mol. The van der Waals surface area contributed by atoms with Gasteiger partial charge in [0.05, 0.1) is 5.76 Å². The molecule has 0 saturated carbocycles. The minimum atomic E-state index is 0.568. The van der Waals surface area contributed by atoms with Gasteiger partial charge in [0.2, 0.25) is 0 Å². The van der Waals surface area contributed by atoms with E-state index in [0.29, 0.717) is 5.76 Å². The average Bonchev–Trinajstić information content (AvgIpc) is 1.69. The molecule has 40 valence electrons. The fourth-order valence-corrected chi connectivity index (χ4v) is 1.35. The molecule has 0 aromatic heterocycles. The lowest BCUT2D eigenvalue weighted by Gasteiger charge is -2.04. The zero-order chi connectivity index (χ0) is 5.11. The molecule has 0 atom stereocenters. The van der Waals surface area contributed by atoms with Crippen molar-refractivity contribution in [1.82, 2.24) is 0 Å². The maximum absolute atomic E-state index is 8.76. The maximum atomic E-state index is 8.76. The van der Waals surface area contributed by atoms with Crippen molar-refractivity contribution >= 4 is 11.8 Å². The van der Waals surface area contributed by atoms with Gasteiger partial charge in [-0.05, 0) is 6.08 Å². The number of aliphatic hydroxyl groups excluding tert-OH is 1. The van der Waals surface area contributed by atoms with Crippen LogP contribution >= 0.6 is 11.8 Å². The Hall–Kier alpha value is -0.110. The van der Waals surface area contributed by atoms with E-state index in [1.807, 2.05) is 17.8 Å². The summed E-state index contributed by atoms with van der Waals surface area (Å²) in [7, 11) is 0. The molecular formula is C5H8OS. The minimum absolute atomic E-state index is 0.568. The molecular weight excluding hydrogens is 108 g/mol. The summed E-state index contributed by atoms with van der Waals surface area (Å²) in [5, 5.41) is 8.76. The van der Waals surface area contributed by atoms with Crippen LogP contribution in [0.4, 0.5) is 0 Å². The molecule has 0 unspecified atom stereocenters. The summed E-state index contributed by atoms with van der Waals surface area (Å²) in [5.41, 5.74) is 0. The van der Waals surface area contributed by atoms with E-state index in [2.05, 4.69) is 0 Å². The van der Waals surface area contributed by atoms with Crippen LogP contribution < -0.4 is 0 Å². The molecule has 0 aromatic carbocycles. The lowest BCUT2D eigenvalue weighted by Crippen LogP contribution is -1.92. The van der Waals surface area contributed by atoms with Crippen molar-refractivity contribution in [3.8, 4) is 0 Å². The van der Waals surface area contributed by atoms with Crippen LogP contribution in [-0.2, 0) is 0 Å². The highest BCUT2D eigenvalue weighted by atomic mass is 32.2. The van der Waals surface area contributed by atoms with Crippen molar-refractivity contribution in [2.75, 3.05) is 11.5 Å². The number of allylic oxidation sites excluding steroid dienone is 1. The number of hydrogen-bond acceptors (Lipinski definition) is 2. The van der Waals surface area contributed by atoms with Gasteiger partial charge < -0.3 is 5.11 Å². The van der Waals surface area contributed by atoms with E-state index in [1.54, 1.807) is 0 Å². The van der Waals surface area contributed by atoms with Gasteiger partial charge in [0.1, 0.15) is 0 Å². The fraction of sp³-hybridized carbons (Fsp3) is 0.600. The summed E-state index contributed by atoms with van der Waals surface area (Å²) in [6.07, 6.45) is 2.73. The smallest absolute Gasteiger partial charge is 0.0899 e. The molecule has 1 nitrogen and oxygen atoms in total. The molecule has 0 fully saturated rings. The van der Waals surface area contributed by atoms with Gasteiger partial charge in [-0.1, -0.05) is 0 Å². The first-order chi connectivity index (χ1) is 3.39. The first-order valence-corrected chi connectivity index (χ1v) is 3.51. The second-order valence-corrected chi connectivity index (χ2v) is 2.67. The van der Waals surface area contributed by atoms with E-state index in [9.17, 15) is 0 Å². The summed E-state index contributed by atoms with van der Waals surface area (Å²) < 4.78 is 0. The van der Waals surface area contributed by atoms with Gasteiger partial charge in [0.25, 0.3) is 0 Å². The number of rotatable bonds is 0. The molecule has 1 aliphatic rings. The first-order valence-electron chi connectivity index (χ1n) is 2.35. The number of hydrogen-bond donors (Lipinski definition) is 1. The predicted molar refractivity (Wildman–Crippen MR) is 32.7 cm³/mol. The van der Waals surface area contributed by atoms with Crippen LogP contribution in [0.5, 0.6) is 0 Å². The van der Waals surface area contributed by atoms with Crippen molar-refractivity contribution in [3.05, 3.63) is 11.8 Å². The molecule has 0 saturated heterocycles. The Kier molecular flexibility index (Phi) is 1.63. The van der Waals surface area contributed by atoms with Crippen LogP contribution in [0, 0.1) is 0 Å². The largest absolute Gasteiger partial charge is 0.513 e. The number of aliphatic hydroxyl groups is 1. The maximum Gasteiger partial charge on any atom is 0.0899 e. The van der Waals surface area contributed by atoms with Gasteiger partial charge in [-0.15, -0.1) is 0 Å². The molecule has 0 aliphatic carbocycles. The van der Waals surface area contributed by atoms with E-state index in [4.69, 9.17) is 5.11 Å². The zero-order valence-electron chi connectivity index (χ0n) is 4.05. The first kappa shape index (κ1) is 5.04. The molecule has 7 heavy (non-hydrogen) atoms. The van der Waals surface area contributed by atoms with E-state index < -0.39 is 0 Å². The van der Waals surface area contributed by atoms with Gasteiger partial charge in [-0.25, -0.2) is 0 Å². The second kappa shape index (κ2) is 2.26. The number of thioether (sulfide) groups is 1. The van der Waals surface area contributed by atoms with E-state index in [0.717, 1.165) is 17.9 Å². The van der Waals surface area contributed by atoms with Crippen molar-refractivity contribution in [1.29, 1.82) is 0 Å². The summed E-state index contributed by atoms with van der Waals surface area (Å²) in [6.45, 7) is 0. The molecule has 0 radical (unpaired) electrons. The van der Waals surface area contributed by atoms with Gasteiger partial charge in [-0.2, -0.15) is 11.8 Å². The Bertz CT molecular complexity index is 88.1. The average molecular weight is 116 g/mol.